The van der Waals surface area contributed by atoms with E-state index in [9.17, 15) is 19.2 Å². The molecule has 1 saturated heterocycles. The van der Waals surface area contributed by atoms with E-state index in [0.29, 0.717) is 65.4 Å². The predicted octanol–water partition coefficient (Wildman–Crippen LogP) is 1.36. The molecule has 0 aromatic rings. The second kappa shape index (κ2) is 15.7. The van der Waals surface area contributed by atoms with Crippen LogP contribution in [0.1, 0.15) is 40.5 Å². The van der Waals surface area contributed by atoms with E-state index in [1.165, 1.54) is 14.2 Å². The molecule has 1 aliphatic heterocycles. The summed E-state index contributed by atoms with van der Waals surface area (Å²) in [5, 5.41) is 0. The van der Waals surface area contributed by atoms with Gasteiger partial charge < -0.3 is 28.7 Å². The molecule has 1 fully saturated rings. The maximum Gasteiger partial charge on any atom is 0.308 e. The molecule has 0 aliphatic carbocycles. The van der Waals surface area contributed by atoms with E-state index in [0.717, 1.165) is 0 Å². The van der Waals surface area contributed by atoms with E-state index >= 15 is 0 Å². The zero-order chi connectivity index (χ0) is 25.7. The van der Waals surface area contributed by atoms with Gasteiger partial charge in [-0.2, -0.15) is 0 Å². The van der Waals surface area contributed by atoms with Crippen molar-refractivity contribution in [3.8, 4) is 0 Å². The van der Waals surface area contributed by atoms with Crippen LogP contribution in [0.15, 0.2) is 0 Å². The number of methoxy groups -OCH3 is 2. The molecular weight excluding hydrogens is 444 g/mol. The van der Waals surface area contributed by atoms with E-state index in [4.69, 9.17) is 18.9 Å². The van der Waals surface area contributed by atoms with Crippen molar-refractivity contribution in [3.63, 3.8) is 0 Å². The molecule has 0 saturated carbocycles. The lowest BCUT2D eigenvalue weighted by atomic mass is 9.96. The Morgan fingerprint density at radius 3 is 1.18 bits per heavy atom. The van der Waals surface area contributed by atoms with E-state index in [2.05, 4.69) is 0 Å². The highest BCUT2D eigenvalue weighted by Crippen LogP contribution is 2.17. The Labute approximate surface area is 203 Å². The first-order valence-electron chi connectivity index (χ1n) is 12.0. The average Bonchev–Trinajstić information content (AvgIpc) is 2.82. The lowest BCUT2D eigenvalue weighted by Gasteiger charge is -2.29. The van der Waals surface area contributed by atoms with Gasteiger partial charge in [-0.25, -0.2) is 0 Å². The SMILES string of the molecule is COC(=O)[C@H](C)C[C@H](C)C(=O)N1CCOCCN(C(=O)[C@H](C)C[C@H](C)C(=O)OC)CCOCC1. The smallest absolute Gasteiger partial charge is 0.308 e. The molecule has 1 heterocycles. The van der Waals surface area contributed by atoms with Crippen molar-refractivity contribution in [1.82, 2.24) is 9.80 Å². The number of ether oxygens (including phenoxy) is 4. The molecule has 2 amide bonds. The highest BCUT2D eigenvalue weighted by atomic mass is 16.5. The summed E-state index contributed by atoms with van der Waals surface area (Å²) in [6.07, 6.45) is 0.821. The van der Waals surface area contributed by atoms with E-state index in [1.54, 1.807) is 23.6 Å². The summed E-state index contributed by atoms with van der Waals surface area (Å²) in [4.78, 5) is 52.6. The first-order chi connectivity index (χ1) is 16.1. The van der Waals surface area contributed by atoms with Crippen molar-refractivity contribution >= 4 is 23.8 Å². The monoisotopic (exact) mass is 486 g/mol. The van der Waals surface area contributed by atoms with E-state index in [1.807, 2.05) is 13.8 Å². The Morgan fingerprint density at radius 2 is 0.912 bits per heavy atom. The molecule has 0 spiro atoms. The van der Waals surface area contributed by atoms with Crippen LogP contribution in [0.25, 0.3) is 0 Å². The van der Waals surface area contributed by atoms with Gasteiger partial charge in [-0.15, -0.1) is 0 Å². The van der Waals surface area contributed by atoms with Crippen LogP contribution < -0.4 is 0 Å². The molecule has 0 aromatic heterocycles. The number of nitrogens with zero attached hydrogens (tertiary/aromatic N) is 2. The summed E-state index contributed by atoms with van der Waals surface area (Å²) in [5.74, 6) is -2.12. The fraction of sp³-hybridized carbons (Fsp3) is 0.833. The van der Waals surface area contributed by atoms with E-state index < -0.39 is 0 Å². The van der Waals surface area contributed by atoms with E-state index in [-0.39, 0.29) is 47.4 Å². The fourth-order valence-corrected chi connectivity index (χ4v) is 4.05. The van der Waals surface area contributed by atoms with Gasteiger partial charge in [-0.1, -0.05) is 27.7 Å². The van der Waals surface area contributed by atoms with Crippen LogP contribution in [0, 0.1) is 23.7 Å². The largest absolute Gasteiger partial charge is 0.469 e. The summed E-state index contributed by atoms with van der Waals surface area (Å²) in [6, 6.07) is 0. The number of hydrogen-bond donors (Lipinski definition) is 0. The first kappa shape index (κ1) is 29.8. The molecule has 0 N–H and O–H groups in total. The van der Waals surface area contributed by atoms with Gasteiger partial charge in [-0.3, -0.25) is 19.2 Å². The fourth-order valence-electron chi connectivity index (χ4n) is 4.05. The Balaban J connectivity index is 2.61. The molecule has 10 heteroatoms. The molecular formula is C24H42N2O8. The number of carbonyl (C=O) groups is 4. The number of hydrogen-bond acceptors (Lipinski definition) is 8. The highest BCUT2D eigenvalue weighted by molar-refractivity contribution is 5.80. The third-order valence-electron chi connectivity index (χ3n) is 6.11. The maximum atomic E-state index is 12.9. The Hall–Kier alpha value is -2.20. The minimum absolute atomic E-state index is 0.0506. The predicted molar refractivity (Wildman–Crippen MR) is 125 cm³/mol. The lowest BCUT2D eigenvalue weighted by molar-refractivity contribution is -0.147. The molecule has 1 aliphatic rings. The summed E-state index contributed by atoms with van der Waals surface area (Å²) in [6.45, 7) is 10.1. The summed E-state index contributed by atoms with van der Waals surface area (Å²) < 4.78 is 21.0. The molecule has 10 nitrogen and oxygen atoms in total. The van der Waals surface area contributed by atoms with Crippen LogP contribution in [0.2, 0.25) is 0 Å². The van der Waals surface area contributed by atoms with Crippen LogP contribution in [-0.2, 0) is 38.1 Å². The van der Waals surface area contributed by atoms with Gasteiger partial charge in [0.15, 0.2) is 0 Å². The summed E-state index contributed by atoms with van der Waals surface area (Å²) in [7, 11) is 2.68. The van der Waals surface area contributed by atoms with Crippen molar-refractivity contribution < 1.29 is 38.1 Å². The number of rotatable bonds is 8. The highest BCUT2D eigenvalue weighted by Gasteiger charge is 2.27. The molecule has 4 atom stereocenters. The number of esters is 2. The van der Waals surface area contributed by atoms with Crippen molar-refractivity contribution in [2.24, 2.45) is 23.7 Å². The van der Waals surface area contributed by atoms with Crippen LogP contribution in [0.5, 0.6) is 0 Å². The zero-order valence-electron chi connectivity index (χ0n) is 21.5. The maximum absolute atomic E-state index is 12.9. The summed E-state index contributed by atoms with van der Waals surface area (Å²) >= 11 is 0. The van der Waals surface area contributed by atoms with Gasteiger partial charge in [0.05, 0.1) is 52.5 Å². The number of carbonyl (C=O) groups excluding carboxylic acids is 4. The van der Waals surface area contributed by atoms with Crippen molar-refractivity contribution in [1.29, 1.82) is 0 Å². The van der Waals surface area contributed by atoms with Gasteiger partial charge in [0.25, 0.3) is 0 Å². The van der Waals surface area contributed by atoms with Crippen LogP contribution >= 0.6 is 0 Å². The molecule has 34 heavy (non-hydrogen) atoms. The van der Waals surface area contributed by atoms with Crippen LogP contribution in [0.3, 0.4) is 0 Å². The Bertz CT molecular complexity index is 603. The third kappa shape index (κ3) is 9.97. The quantitative estimate of drug-likeness (QED) is 0.473. The Kier molecular flexibility index (Phi) is 13.7. The van der Waals surface area contributed by atoms with Crippen LogP contribution in [-0.4, -0.2) is 100 Å². The molecule has 0 radical (unpaired) electrons. The number of amides is 2. The first-order valence-corrected chi connectivity index (χ1v) is 12.0. The molecule has 0 bridgehead atoms. The topological polar surface area (TPSA) is 112 Å². The van der Waals surface area contributed by atoms with Gasteiger partial charge >= 0.3 is 11.9 Å². The minimum Gasteiger partial charge on any atom is -0.469 e. The normalized spacial score (nSPS) is 19.6. The zero-order valence-corrected chi connectivity index (χ0v) is 21.5. The van der Waals surface area contributed by atoms with Gasteiger partial charge in [0.1, 0.15) is 0 Å². The standard InChI is InChI=1S/C24H42N2O8/c1-17(15-19(3)23(29)31-5)21(27)25-7-11-33-13-9-26(10-14-34-12-8-25)22(28)18(2)16-20(4)24(30)32-6/h17-20H,7-16H2,1-6H3/t17-,18+,19+,20-. The second-order valence-electron chi connectivity index (χ2n) is 9.00. The van der Waals surface area contributed by atoms with Crippen LogP contribution in [0.4, 0.5) is 0 Å². The van der Waals surface area contributed by atoms with Crippen molar-refractivity contribution in [2.75, 3.05) is 66.8 Å². The van der Waals surface area contributed by atoms with Crippen molar-refractivity contribution in [3.05, 3.63) is 0 Å². The molecule has 0 aromatic carbocycles. The van der Waals surface area contributed by atoms with Gasteiger partial charge in [0.2, 0.25) is 11.8 Å². The summed E-state index contributed by atoms with van der Waals surface area (Å²) in [5.41, 5.74) is 0. The van der Waals surface area contributed by atoms with Crippen molar-refractivity contribution in [2.45, 2.75) is 40.5 Å². The lowest BCUT2D eigenvalue weighted by Crippen LogP contribution is -2.43. The average molecular weight is 487 g/mol. The molecule has 0 unspecified atom stereocenters. The molecule has 196 valence electrons. The Morgan fingerprint density at radius 1 is 0.618 bits per heavy atom. The third-order valence-corrected chi connectivity index (χ3v) is 6.11. The van der Waals surface area contributed by atoms with Gasteiger partial charge in [0, 0.05) is 38.0 Å². The minimum atomic E-state index is -0.356. The molecule has 1 rings (SSSR count). The second-order valence-corrected chi connectivity index (χ2v) is 9.00. The van der Waals surface area contributed by atoms with Gasteiger partial charge in [-0.05, 0) is 12.8 Å².